The molecular weight excluding hydrogens is 202 g/mol. The van der Waals surface area contributed by atoms with Gasteiger partial charge in [-0.05, 0) is 0 Å². The van der Waals surface area contributed by atoms with E-state index in [0.29, 0.717) is 0 Å². The third kappa shape index (κ3) is 4.62. The molecule has 0 unspecified atom stereocenters. The highest BCUT2D eigenvalue weighted by Gasteiger charge is 2.35. The summed E-state index contributed by atoms with van der Waals surface area (Å²) in [5.41, 5.74) is 0. The summed E-state index contributed by atoms with van der Waals surface area (Å²) >= 11 is 0. The zero-order valence-corrected chi connectivity index (χ0v) is 6.81. The van der Waals surface area contributed by atoms with Crippen molar-refractivity contribution in [1.82, 2.24) is 0 Å². The summed E-state index contributed by atoms with van der Waals surface area (Å²) in [4.78, 5) is 16.3. The Bertz CT molecular complexity index is 194. The Morgan fingerprint density at radius 1 is 1.09 bits per heavy atom. The highest BCUT2D eigenvalue weighted by molar-refractivity contribution is 7.70. The monoisotopic (exact) mass is 208 g/mol. The minimum absolute atomic E-state index is 1.38. The van der Waals surface area contributed by atoms with E-state index in [1.165, 1.54) is 0 Å². The standard InChI is InChI=1S/CH6O8P2/c2-8-11(7,9-3)1-10(4,5)6/h2-3H,1H2,(H2,4,5,6). The molecule has 0 aromatic heterocycles. The van der Waals surface area contributed by atoms with Crippen LogP contribution in [0.4, 0.5) is 0 Å². The Morgan fingerprint density at radius 3 is 1.55 bits per heavy atom. The van der Waals surface area contributed by atoms with Crippen LogP contribution in [0.1, 0.15) is 0 Å². The molecule has 0 aliphatic rings. The molecule has 68 valence electrons. The van der Waals surface area contributed by atoms with Gasteiger partial charge in [-0.25, -0.2) is 10.5 Å². The van der Waals surface area contributed by atoms with Gasteiger partial charge in [0.15, 0.2) is 5.90 Å². The Kier molecular flexibility index (Phi) is 3.83. The van der Waals surface area contributed by atoms with Gasteiger partial charge in [0.05, 0.1) is 0 Å². The first-order chi connectivity index (χ1) is 4.83. The molecule has 0 rings (SSSR count). The van der Waals surface area contributed by atoms with Gasteiger partial charge in [0.1, 0.15) is 0 Å². The number of hydrogen-bond acceptors (Lipinski definition) is 6. The average molecular weight is 208 g/mol. The van der Waals surface area contributed by atoms with Gasteiger partial charge in [0.25, 0.3) is 0 Å². The van der Waals surface area contributed by atoms with Crippen LogP contribution in [0.2, 0.25) is 0 Å². The maximum atomic E-state index is 10.5. The van der Waals surface area contributed by atoms with E-state index in [0.717, 1.165) is 0 Å². The summed E-state index contributed by atoms with van der Waals surface area (Å²) in [5, 5.41) is 15.5. The van der Waals surface area contributed by atoms with Crippen LogP contribution in [-0.4, -0.2) is 26.2 Å². The Labute approximate surface area is 60.9 Å². The summed E-state index contributed by atoms with van der Waals surface area (Å²) in [6.45, 7) is 0. The number of hydrogen-bond donors (Lipinski definition) is 4. The van der Waals surface area contributed by atoms with Gasteiger partial charge in [-0.2, -0.15) is 0 Å². The van der Waals surface area contributed by atoms with Gasteiger partial charge in [-0.15, -0.1) is 9.35 Å². The van der Waals surface area contributed by atoms with Crippen molar-refractivity contribution in [1.29, 1.82) is 0 Å². The predicted molar refractivity (Wildman–Crippen MR) is 31.9 cm³/mol. The van der Waals surface area contributed by atoms with Gasteiger partial charge in [-0.1, -0.05) is 0 Å². The lowest BCUT2D eigenvalue weighted by molar-refractivity contribution is -0.207. The summed E-state index contributed by atoms with van der Waals surface area (Å²) in [5.74, 6) is -1.38. The first kappa shape index (κ1) is 11.2. The van der Waals surface area contributed by atoms with Crippen LogP contribution >= 0.6 is 15.2 Å². The second kappa shape index (κ2) is 3.75. The molecule has 10 heteroatoms. The summed E-state index contributed by atoms with van der Waals surface area (Å²) in [6, 6.07) is 0. The Balaban J connectivity index is 4.34. The maximum absolute atomic E-state index is 10.5. The van der Waals surface area contributed by atoms with Crippen molar-refractivity contribution in [2.45, 2.75) is 0 Å². The first-order valence-electron chi connectivity index (χ1n) is 2.13. The SMILES string of the molecule is O=P(O)(O)CP(=O)(OO)OO. The number of rotatable bonds is 4. The largest absolute Gasteiger partial charge is 0.395 e. The third-order valence-electron chi connectivity index (χ3n) is 0.606. The lowest BCUT2D eigenvalue weighted by atomic mass is 11.9. The molecule has 0 aromatic carbocycles. The van der Waals surface area contributed by atoms with Gasteiger partial charge in [-0.3, -0.25) is 9.13 Å². The van der Waals surface area contributed by atoms with Gasteiger partial charge < -0.3 is 9.79 Å². The summed E-state index contributed by atoms with van der Waals surface area (Å²) in [7, 11) is -9.11. The molecule has 0 aliphatic heterocycles. The molecule has 0 saturated carbocycles. The Morgan fingerprint density at radius 2 is 1.45 bits per heavy atom. The molecule has 8 nitrogen and oxygen atoms in total. The molecule has 0 saturated heterocycles. The van der Waals surface area contributed by atoms with E-state index < -0.39 is 21.1 Å². The maximum Gasteiger partial charge on any atom is 0.395 e. The Hall–Kier alpha value is 0.220. The fourth-order valence-electron chi connectivity index (χ4n) is 0.292. The van der Waals surface area contributed by atoms with Crippen molar-refractivity contribution in [3.63, 3.8) is 0 Å². The molecule has 0 radical (unpaired) electrons. The van der Waals surface area contributed by atoms with Crippen LogP contribution in [0.3, 0.4) is 0 Å². The summed E-state index contributed by atoms with van der Waals surface area (Å²) in [6.07, 6.45) is 0. The molecule has 0 bridgehead atoms. The van der Waals surface area contributed by atoms with Crippen molar-refractivity contribution in [3.8, 4) is 0 Å². The second-order valence-electron chi connectivity index (χ2n) is 1.58. The third-order valence-corrected chi connectivity index (χ3v) is 3.96. The lowest BCUT2D eigenvalue weighted by Gasteiger charge is -2.09. The van der Waals surface area contributed by atoms with Gasteiger partial charge in [0.2, 0.25) is 0 Å². The van der Waals surface area contributed by atoms with Crippen LogP contribution in [0.25, 0.3) is 0 Å². The lowest BCUT2D eigenvalue weighted by Crippen LogP contribution is -1.95. The van der Waals surface area contributed by atoms with E-state index in [-0.39, 0.29) is 0 Å². The van der Waals surface area contributed by atoms with E-state index >= 15 is 0 Å². The molecule has 4 N–H and O–H groups in total. The van der Waals surface area contributed by atoms with E-state index in [2.05, 4.69) is 9.35 Å². The van der Waals surface area contributed by atoms with Crippen molar-refractivity contribution in [2.24, 2.45) is 0 Å². The highest BCUT2D eigenvalue weighted by atomic mass is 31.2. The zero-order valence-electron chi connectivity index (χ0n) is 5.02. The molecule has 0 spiro atoms. The van der Waals surface area contributed by atoms with Gasteiger partial charge in [0, 0.05) is 0 Å². The van der Waals surface area contributed by atoms with Crippen LogP contribution in [-0.2, 0) is 18.5 Å². The molecule has 11 heavy (non-hydrogen) atoms. The quantitative estimate of drug-likeness (QED) is 0.294. The highest BCUT2D eigenvalue weighted by Crippen LogP contribution is 2.57. The molecule has 0 atom stereocenters. The first-order valence-corrected chi connectivity index (χ1v) is 5.65. The van der Waals surface area contributed by atoms with Crippen LogP contribution in [0, 0.1) is 0 Å². The molecule has 0 aliphatic carbocycles. The average Bonchev–Trinajstić information content (AvgIpc) is 1.84. The minimum atomic E-state index is -4.65. The fraction of sp³-hybridized carbons (Fsp3) is 1.00. The van der Waals surface area contributed by atoms with Crippen molar-refractivity contribution >= 4 is 15.2 Å². The molecular formula is CH6O8P2. The normalized spacial score (nSPS) is 13.5. The topological polar surface area (TPSA) is 134 Å². The molecule has 0 amide bonds. The molecule has 0 heterocycles. The smallest absolute Gasteiger partial charge is 0.324 e. The second-order valence-corrected chi connectivity index (χ2v) is 5.59. The van der Waals surface area contributed by atoms with Crippen LogP contribution in [0.5, 0.6) is 0 Å². The predicted octanol–water partition coefficient (Wildman–Crippen LogP) is 0.294. The van der Waals surface area contributed by atoms with E-state index in [1.54, 1.807) is 0 Å². The van der Waals surface area contributed by atoms with E-state index in [9.17, 15) is 9.13 Å². The van der Waals surface area contributed by atoms with E-state index in [1.807, 2.05) is 0 Å². The summed E-state index contributed by atoms with van der Waals surface area (Å²) < 4.78 is 26.7. The van der Waals surface area contributed by atoms with Gasteiger partial charge >= 0.3 is 15.2 Å². The van der Waals surface area contributed by atoms with Crippen LogP contribution in [0.15, 0.2) is 0 Å². The fourth-order valence-corrected chi connectivity index (χ4v) is 2.54. The van der Waals surface area contributed by atoms with Crippen molar-refractivity contribution < 1.29 is 38.8 Å². The minimum Gasteiger partial charge on any atom is -0.324 e. The van der Waals surface area contributed by atoms with Crippen LogP contribution < -0.4 is 0 Å². The zero-order chi connectivity index (χ0) is 9.12. The van der Waals surface area contributed by atoms with Crippen molar-refractivity contribution in [3.05, 3.63) is 0 Å². The molecule has 0 aromatic rings. The van der Waals surface area contributed by atoms with E-state index in [4.69, 9.17) is 20.3 Å². The molecule has 0 fully saturated rings. The van der Waals surface area contributed by atoms with Crippen molar-refractivity contribution in [2.75, 3.05) is 5.90 Å².